The topological polar surface area (TPSA) is 58.4 Å². The fraction of sp³-hybridized carbons (Fsp3) is 0.765. The minimum atomic E-state index is -0.100. The van der Waals surface area contributed by atoms with Crippen molar-refractivity contribution in [1.29, 1.82) is 0 Å². The average molecular weight is 305 g/mol. The Labute approximate surface area is 132 Å². The van der Waals surface area contributed by atoms with Crippen molar-refractivity contribution in [2.45, 2.75) is 63.8 Å². The minimum Gasteiger partial charge on any atom is -0.361 e. The van der Waals surface area contributed by atoms with Crippen LogP contribution in [0.25, 0.3) is 0 Å². The van der Waals surface area contributed by atoms with Gasteiger partial charge in [0.1, 0.15) is 5.76 Å². The molecule has 1 aliphatic heterocycles. The molecule has 122 valence electrons. The highest BCUT2D eigenvalue weighted by Gasteiger charge is 2.40. The first-order chi connectivity index (χ1) is 10.7. The van der Waals surface area contributed by atoms with Crippen molar-refractivity contribution in [3.8, 4) is 0 Å². The highest BCUT2D eigenvalue weighted by molar-refractivity contribution is 5.92. The van der Waals surface area contributed by atoms with E-state index in [-0.39, 0.29) is 11.4 Å². The van der Waals surface area contributed by atoms with Crippen LogP contribution in [0.15, 0.2) is 10.6 Å². The van der Waals surface area contributed by atoms with Crippen LogP contribution in [0.1, 0.15) is 68.1 Å². The van der Waals surface area contributed by atoms with Crippen LogP contribution in [0, 0.1) is 0 Å². The monoisotopic (exact) mass is 305 g/mol. The number of aromatic nitrogens is 1. The zero-order chi connectivity index (χ0) is 15.4. The van der Waals surface area contributed by atoms with E-state index in [0.717, 1.165) is 25.1 Å². The Morgan fingerprint density at radius 2 is 2.05 bits per heavy atom. The number of rotatable bonds is 6. The van der Waals surface area contributed by atoms with Gasteiger partial charge < -0.3 is 9.84 Å². The molecule has 1 aromatic heterocycles. The van der Waals surface area contributed by atoms with E-state index in [1.165, 1.54) is 51.6 Å². The average Bonchev–Trinajstić information content (AvgIpc) is 3.26. The lowest BCUT2D eigenvalue weighted by Crippen LogP contribution is -2.53. The molecule has 22 heavy (non-hydrogen) atoms. The summed E-state index contributed by atoms with van der Waals surface area (Å²) in [4.78, 5) is 14.9. The molecule has 1 amide bonds. The third kappa shape index (κ3) is 3.19. The number of carbonyl (C=O) groups is 1. The van der Waals surface area contributed by atoms with Crippen LogP contribution in [0.2, 0.25) is 0 Å². The molecule has 1 saturated carbocycles. The number of amides is 1. The second-order valence-corrected chi connectivity index (χ2v) is 6.74. The maximum Gasteiger partial charge on any atom is 0.273 e. The van der Waals surface area contributed by atoms with Crippen LogP contribution < -0.4 is 5.32 Å². The summed E-state index contributed by atoms with van der Waals surface area (Å²) in [7, 11) is 0. The number of nitrogens with zero attached hydrogens (tertiary/aromatic N) is 2. The van der Waals surface area contributed by atoms with Crippen molar-refractivity contribution in [3.63, 3.8) is 0 Å². The first kappa shape index (κ1) is 15.5. The molecular formula is C17H27N3O2. The van der Waals surface area contributed by atoms with Gasteiger partial charge in [0, 0.05) is 24.6 Å². The van der Waals surface area contributed by atoms with Crippen molar-refractivity contribution >= 4 is 5.91 Å². The van der Waals surface area contributed by atoms with E-state index in [1.807, 2.05) is 0 Å². The van der Waals surface area contributed by atoms with E-state index in [4.69, 9.17) is 4.52 Å². The second kappa shape index (κ2) is 6.82. The summed E-state index contributed by atoms with van der Waals surface area (Å²) in [6, 6.07) is 1.77. The lowest BCUT2D eigenvalue weighted by atomic mass is 9.95. The van der Waals surface area contributed by atoms with E-state index in [2.05, 4.69) is 22.3 Å². The molecule has 1 saturated heterocycles. The molecule has 1 aliphatic carbocycles. The molecule has 0 atom stereocenters. The van der Waals surface area contributed by atoms with Crippen molar-refractivity contribution in [2.24, 2.45) is 0 Å². The Balaban J connectivity index is 1.60. The molecule has 1 aromatic rings. The van der Waals surface area contributed by atoms with E-state index in [9.17, 15) is 4.79 Å². The summed E-state index contributed by atoms with van der Waals surface area (Å²) in [5, 5.41) is 7.01. The van der Waals surface area contributed by atoms with Crippen molar-refractivity contribution < 1.29 is 9.32 Å². The van der Waals surface area contributed by atoms with E-state index < -0.39 is 0 Å². The zero-order valence-electron chi connectivity index (χ0n) is 13.6. The molecule has 5 nitrogen and oxygen atoms in total. The molecule has 5 heteroatoms. The first-order valence-electron chi connectivity index (χ1n) is 8.72. The number of aryl methyl sites for hydroxylation is 1. The van der Waals surface area contributed by atoms with Gasteiger partial charge in [-0.1, -0.05) is 24.9 Å². The molecule has 2 fully saturated rings. The second-order valence-electron chi connectivity index (χ2n) is 6.74. The summed E-state index contributed by atoms with van der Waals surface area (Å²) in [6.07, 6.45) is 9.36. The van der Waals surface area contributed by atoms with Gasteiger partial charge in [0.05, 0.1) is 0 Å². The summed E-state index contributed by atoms with van der Waals surface area (Å²) in [5.41, 5.74) is 0.598. The molecule has 0 radical (unpaired) electrons. The number of hydrogen-bond acceptors (Lipinski definition) is 4. The Kier molecular flexibility index (Phi) is 4.81. The number of carbonyl (C=O) groups excluding carboxylic acids is 1. The third-order valence-corrected chi connectivity index (χ3v) is 5.18. The Morgan fingerprint density at radius 1 is 1.32 bits per heavy atom. The van der Waals surface area contributed by atoms with Crippen LogP contribution in [0.4, 0.5) is 0 Å². The fourth-order valence-corrected chi connectivity index (χ4v) is 3.95. The van der Waals surface area contributed by atoms with Gasteiger partial charge in [-0.25, -0.2) is 0 Å². The minimum absolute atomic E-state index is 0.100. The molecule has 2 aliphatic rings. The van der Waals surface area contributed by atoms with Gasteiger partial charge in [0.25, 0.3) is 5.91 Å². The summed E-state index contributed by atoms with van der Waals surface area (Å²) in [5.74, 6) is 0.694. The van der Waals surface area contributed by atoms with Crippen molar-refractivity contribution in [1.82, 2.24) is 15.4 Å². The molecular weight excluding hydrogens is 278 g/mol. The maximum atomic E-state index is 12.3. The standard InChI is InChI=1S/C17H27N3O2/c1-2-7-14-12-15(19-22-14)16(21)18-13-17(8-3-4-9-17)20-10-5-6-11-20/h12H,2-11,13H2,1H3,(H,18,21). The predicted octanol–water partition coefficient (Wildman–Crippen LogP) is 2.77. The SMILES string of the molecule is CCCc1cc(C(=O)NCC2(N3CCCC3)CCCC2)no1. The molecule has 0 aromatic carbocycles. The maximum absolute atomic E-state index is 12.3. The summed E-state index contributed by atoms with van der Waals surface area (Å²) in [6.45, 7) is 5.19. The molecule has 2 heterocycles. The van der Waals surface area contributed by atoms with E-state index >= 15 is 0 Å². The van der Waals surface area contributed by atoms with Gasteiger partial charge in [0.2, 0.25) is 0 Å². The highest BCUT2D eigenvalue weighted by Crippen LogP contribution is 2.36. The van der Waals surface area contributed by atoms with Crippen LogP contribution in [-0.2, 0) is 6.42 Å². The third-order valence-electron chi connectivity index (χ3n) is 5.18. The van der Waals surface area contributed by atoms with Crippen LogP contribution in [0.5, 0.6) is 0 Å². The quantitative estimate of drug-likeness (QED) is 0.878. The fourth-order valence-electron chi connectivity index (χ4n) is 3.95. The van der Waals surface area contributed by atoms with Gasteiger partial charge in [0.15, 0.2) is 5.69 Å². The van der Waals surface area contributed by atoms with Crippen LogP contribution in [-0.4, -0.2) is 41.1 Å². The molecule has 0 bridgehead atoms. The van der Waals surface area contributed by atoms with Crippen molar-refractivity contribution in [3.05, 3.63) is 17.5 Å². The predicted molar refractivity (Wildman–Crippen MR) is 84.8 cm³/mol. The smallest absolute Gasteiger partial charge is 0.273 e. The lowest BCUT2D eigenvalue weighted by molar-refractivity contribution is 0.0852. The number of nitrogens with one attached hydrogen (secondary N) is 1. The normalized spacial score (nSPS) is 21.3. The lowest BCUT2D eigenvalue weighted by Gasteiger charge is -2.39. The van der Waals surface area contributed by atoms with E-state index in [1.54, 1.807) is 6.07 Å². The molecule has 3 rings (SSSR count). The van der Waals surface area contributed by atoms with Gasteiger partial charge in [-0.15, -0.1) is 0 Å². The van der Waals surface area contributed by atoms with Crippen LogP contribution >= 0.6 is 0 Å². The van der Waals surface area contributed by atoms with Crippen molar-refractivity contribution in [2.75, 3.05) is 19.6 Å². The zero-order valence-corrected chi connectivity index (χ0v) is 13.6. The molecule has 0 unspecified atom stereocenters. The molecule has 0 spiro atoms. The Hall–Kier alpha value is -1.36. The Bertz CT molecular complexity index is 500. The summed E-state index contributed by atoms with van der Waals surface area (Å²) < 4.78 is 5.20. The number of hydrogen-bond donors (Lipinski definition) is 1. The highest BCUT2D eigenvalue weighted by atomic mass is 16.5. The van der Waals surface area contributed by atoms with Gasteiger partial charge >= 0.3 is 0 Å². The van der Waals surface area contributed by atoms with Gasteiger partial charge in [-0.05, 0) is 45.2 Å². The largest absolute Gasteiger partial charge is 0.361 e. The van der Waals surface area contributed by atoms with Crippen LogP contribution in [0.3, 0.4) is 0 Å². The number of likely N-dealkylation sites (tertiary alicyclic amines) is 1. The van der Waals surface area contributed by atoms with E-state index in [0.29, 0.717) is 5.69 Å². The summed E-state index contributed by atoms with van der Waals surface area (Å²) >= 11 is 0. The van der Waals surface area contributed by atoms with Gasteiger partial charge in [-0.3, -0.25) is 9.69 Å². The molecule has 1 N–H and O–H groups in total. The van der Waals surface area contributed by atoms with Gasteiger partial charge in [-0.2, -0.15) is 0 Å². The first-order valence-corrected chi connectivity index (χ1v) is 8.72. The Morgan fingerprint density at radius 3 is 2.73 bits per heavy atom.